The Balaban J connectivity index is 1.67. The van der Waals surface area contributed by atoms with E-state index in [9.17, 15) is 9.59 Å². The maximum Gasteiger partial charge on any atom is 0.267 e. The average molecular weight is 383 g/mol. The van der Waals surface area contributed by atoms with Crippen LogP contribution in [0.25, 0.3) is 22.6 Å². The van der Waals surface area contributed by atoms with E-state index in [-0.39, 0.29) is 5.56 Å². The van der Waals surface area contributed by atoms with Crippen molar-refractivity contribution < 1.29 is 4.79 Å². The molecule has 0 saturated carbocycles. The van der Waals surface area contributed by atoms with Crippen molar-refractivity contribution in [3.05, 3.63) is 101 Å². The van der Waals surface area contributed by atoms with Gasteiger partial charge in [0.1, 0.15) is 0 Å². The molecule has 29 heavy (non-hydrogen) atoms. The molecule has 4 rings (SSSR count). The van der Waals surface area contributed by atoms with Crippen LogP contribution in [0.3, 0.4) is 0 Å². The summed E-state index contributed by atoms with van der Waals surface area (Å²) >= 11 is 0. The number of nitrogens with two attached hydrogens (primary N) is 1. The second-order valence-corrected chi connectivity index (χ2v) is 6.43. The molecule has 0 radical (unpaired) electrons. The zero-order valence-corrected chi connectivity index (χ0v) is 15.4. The van der Waals surface area contributed by atoms with Gasteiger partial charge in [-0.25, -0.2) is 14.6 Å². The summed E-state index contributed by atoms with van der Waals surface area (Å²) in [4.78, 5) is 32.3. The summed E-state index contributed by atoms with van der Waals surface area (Å²) in [5.74, 6) is 0.104. The van der Waals surface area contributed by atoms with Gasteiger partial charge in [-0.1, -0.05) is 30.3 Å². The number of benzene rings is 2. The summed E-state index contributed by atoms with van der Waals surface area (Å²) < 4.78 is 1.39. The SMILES string of the molecule is NC(=O)c1cccc(-c2ccc(=O)n(Cc3cccc(-c4ncccn4)c3)n2)c1. The molecule has 0 unspecified atom stereocenters. The lowest BCUT2D eigenvalue weighted by molar-refractivity contribution is 0.100. The average Bonchev–Trinajstić information content (AvgIpc) is 2.76. The molecule has 0 aliphatic rings. The second-order valence-electron chi connectivity index (χ2n) is 6.43. The van der Waals surface area contributed by atoms with Crippen LogP contribution in [0.1, 0.15) is 15.9 Å². The smallest absolute Gasteiger partial charge is 0.267 e. The minimum absolute atomic E-state index is 0.221. The summed E-state index contributed by atoms with van der Waals surface area (Å²) in [6.45, 7) is 0.295. The molecule has 2 aromatic heterocycles. The first-order valence-corrected chi connectivity index (χ1v) is 8.95. The van der Waals surface area contributed by atoms with E-state index in [0.717, 1.165) is 11.1 Å². The molecular formula is C22H17N5O2. The van der Waals surface area contributed by atoms with Crippen molar-refractivity contribution in [1.29, 1.82) is 0 Å². The van der Waals surface area contributed by atoms with Crippen molar-refractivity contribution in [3.63, 3.8) is 0 Å². The monoisotopic (exact) mass is 383 g/mol. The summed E-state index contributed by atoms with van der Waals surface area (Å²) in [7, 11) is 0. The summed E-state index contributed by atoms with van der Waals surface area (Å²) in [5, 5.41) is 4.46. The van der Waals surface area contributed by atoms with E-state index < -0.39 is 5.91 Å². The van der Waals surface area contributed by atoms with E-state index in [0.29, 0.717) is 29.2 Å². The highest BCUT2D eigenvalue weighted by Crippen LogP contribution is 2.18. The van der Waals surface area contributed by atoms with Crippen molar-refractivity contribution in [1.82, 2.24) is 19.7 Å². The number of rotatable bonds is 5. The fraction of sp³-hybridized carbons (Fsp3) is 0.0455. The number of carbonyl (C=O) groups is 1. The third kappa shape index (κ3) is 4.08. The quantitative estimate of drug-likeness (QED) is 0.570. The summed E-state index contributed by atoms with van der Waals surface area (Å²) in [6, 6.07) is 19.4. The minimum atomic E-state index is -0.514. The molecule has 142 valence electrons. The van der Waals surface area contributed by atoms with Gasteiger partial charge in [0.15, 0.2) is 5.82 Å². The van der Waals surface area contributed by atoms with Crippen LogP contribution in [0.4, 0.5) is 0 Å². The van der Waals surface area contributed by atoms with E-state index in [1.807, 2.05) is 30.3 Å². The molecule has 4 aromatic rings. The molecule has 0 bridgehead atoms. The number of amides is 1. The molecule has 2 aromatic carbocycles. The van der Waals surface area contributed by atoms with Crippen LogP contribution in [-0.4, -0.2) is 25.7 Å². The molecular weight excluding hydrogens is 366 g/mol. The van der Waals surface area contributed by atoms with Gasteiger partial charge in [0.2, 0.25) is 5.91 Å². The van der Waals surface area contributed by atoms with E-state index in [1.165, 1.54) is 10.7 Å². The summed E-state index contributed by atoms with van der Waals surface area (Å²) in [6.07, 6.45) is 3.37. The first-order chi connectivity index (χ1) is 14.1. The van der Waals surface area contributed by atoms with Gasteiger partial charge in [-0.3, -0.25) is 9.59 Å². The molecule has 0 spiro atoms. The molecule has 7 nitrogen and oxygen atoms in total. The normalized spacial score (nSPS) is 10.6. The van der Waals surface area contributed by atoms with Gasteiger partial charge < -0.3 is 5.73 Å². The number of carbonyl (C=O) groups excluding carboxylic acids is 1. The molecule has 7 heteroatoms. The van der Waals surface area contributed by atoms with E-state index in [4.69, 9.17) is 5.73 Å². The van der Waals surface area contributed by atoms with Crippen LogP contribution < -0.4 is 11.3 Å². The maximum atomic E-state index is 12.3. The molecule has 0 saturated heterocycles. The predicted octanol–water partition coefficient (Wildman–Crippen LogP) is 2.51. The Kier molecular flexibility index (Phi) is 4.94. The van der Waals surface area contributed by atoms with Crippen molar-refractivity contribution in [2.45, 2.75) is 6.54 Å². The second kappa shape index (κ2) is 7.85. The third-order valence-electron chi connectivity index (χ3n) is 4.39. The first-order valence-electron chi connectivity index (χ1n) is 8.95. The van der Waals surface area contributed by atoms with Gasteiger partial charge >= 0.3 is 0 Å². The van der Waals surface area contributed by atoms with Crippen LogP contribution in [-0.2, 0) is 6.54 Å². The van der Waals surface area contributed by atoms with Crippen molar-refractivity contribution >= 4 is 5.91 Å². The Bertz CT molecular complexity index is 1240. The highest BCUT2D eigenvalue weighted by molar-refractivity contribution is 5.93. The number of primary amides is 1. The van der Waals surface area contributed by atoms with Gasteiger partial charge in [-0.15, -0.1) is 0 Å². The Hall–Kier alpha value is -4.13. The molecule has 0 aliphatic heterocycles. The lowest BCUT2D eigenvalue weighted by atomic mass is 10.1. The number of nitrogens with zero attached hydrogens (tertiary/aromatic N) is 4. The molecule has 1 amide bonds. The van der Waals surface area contributed by atoms with Crippen molar-refractivity contribution in [2.75, 3.05) is 0 Å². The Labute approximate surface area is 166 Å². The van der Waals surface area contributed by atoms with Crippen LogP contribution in [0, 0.1) is 0 Å². The first kappa shape index (κ1) is 18.2. The van der Waals surface area contributed by atoms with Crippen LogP contribution >= 0.6 is 0 Å². The van der Waals surface area contributed by atoms with Crippen molar-refractivity contribution in [3.8, 4) is 22.6 Å². The zero-order valence-electron chi connectivity index (χ0n) is 15.4. The van der Waals surface area contributed by atoms with Crippen LogP contribution in [0.2, 0.25) is 0 Å². The fourth-order valence-electron chi connectivity index (χ4n) is 2.98. The Morgan fingerprint density at radius 3 is 2.45 bits per heavy atom. The standard InChI is InChI=1S/C22H17N5O2/c23-21(29)17-6-2-5-16(13-17)19-8-9-20(28)27(26-19)14-15-4-1-7-18(12-15)22-24-10-3-11-25-22/h1-13H,14H2,(H2,23,29). The molecule has 0 aliphatic carbocycles. The number of aromatic nitrogens is 4. The number of hydrogen-bond donors (Lipinski definition) is 1. The lowest BCUT2D eigenvalue weighted by Crippen LogP contribution is -2.22. The molecule has 2 N–H and O–H groups in total. The van der Waals surface area contributed by atoms with Crippen molar-refractivity contribution in [2.24, 2.45) is 5.73 Å². The topological polar surface area (TPSA) is 104 Å². The maximum absolute atomic E-state index is 12.3. The molecule has 0 atom stereocenters. The highest BCUT2D eigenvalue weighted by Gasteiger charge is 2.08. The summed E-state index contributed by atoms with van der Waals surface area (Å²) in [5.41, 5.74) is 8.57. The number of hydrogen-bond acceptors (Lipinski definition) is 5. The Morgan fingerprint density at radius 2 is 1.66 bits per heavy atom. The molecule has 0 fully saturated rings. The highest BCUT2D eigenvalue weighted by atomic mass is 16.1. The van der Waals surface area contributed by atoms with E-state index in [1.54, 1.807) is 42.7 Å². The lowest BCUT2D eigenvalue weighted by Gasteiger charge is -2.09. The fourth-order valence-corrected chi connectivity index (χ4v) is 2.98. The van der Waals surface area contributed by atoms with Crippen LogP contribution in [0.5, 0.6) is 0 Å². The van der Waals surface area contributed by atoms with Gasteiger partial charge in [-0.2, -0.15) is 5.10 Å². The predicted molar refractivity (Wildman–Crippen MR) is 109 cm³/mol. The van der Waals surface area contributed by atoms with Gasteiger partial charge in [0.25, 0.3) is 5.56 Å². The van der Waals surface area contributed by atoms with Gasteiger partial charge in [0, 0.05) is 35.2 Å². The van der Waals surface area contributed by atoms with Gasteiger partial charge in [-0.05, 0) is 35.9 Å². The zero-order chi connectivity index (χ0) is 20.2. The van der Waals surface area contributed by atoms with Gasteiger partial charge in [0.05, 0.1) is 12.2 Å². The van der Waals surface area contributed by atoms with E-state index in [2.05, 4.69) is 15.1 Å². The Morgan fingerprint density at radius 1 is 0.897 bits per heavy atom. The molecule has 2 heterocycles. The third-order valence-corrected chi connectivity index (χ3v) is 4.39. The minimum Gasteiger partial charge on any atom is -0.366 e. The van der Waals surface area contributed by atoms with Crippen LogP contribution in [0.15, 0.2) is 83.9 Å². The largest absolute Gasteiger partial charge is 0.366 e. The van der Waals surface area contributed by atoms with E-state index >= 15 is 0 Å².